The molecule has 5 N–H and O–H groups in total. The first kappa shape index (κ1) is 16.9. The van der Waals surface area contributed by atoms with Crippen molar-refractivity contribution in [1.82, 2.24) is 10.9 Å². The molecular weight excluding hydrogens is 278 g/mol. The van der Waals surface area contributed by atoms with E-state index in [0.717, 1.165) is 18.4 Å². The topological polar surface area (TPSA) is 87.4 Å². The van der Waals surface area contributed by atoms with Gasteiger partial charge in [0.15, 0.2) is 0 Å². The van der Waals surface area contributed by atoms with E-state index in [4.69, 9.17) is 5.73 Å². The Morgan fingerprint density at radius 2 is 1.91 bits per heavy atom. The fourth-order valence-corrected chi connectivity index (χ4v) is 3.03. The quantitative estimate of drug-likeness (QED) is 0.575. The van der Waals surface area contributed by atoms with Crippen LogP contribution in [0.4, 0.5) is 0 Å². The minimum atomic E-state index is -1.16. The summed E-state index contributed by atoms with van der Waals surface area (Å²) in [6.45, 7) is 0.511. The second kappa shape index (κ2) is 8.88. The van der Waals surface area contributed by atoms with Gasteiger partial charge in [-0.25, -0.2) is 5.43 Å². The van der Waals surface area contributed by atoms with E-state index < -0.39 is 18.1 Å². The maximum absolute atomic E-state index is 11.9. The lowest BCUT2D eigenvalue weighted by molar-refractivity contribution is -0.131. The molecule has 5 heteroatoms. The molecule has 0 heterocycles. The van der Waals surface area contributed by atoms with Crippen LogP contribution in [0, 0.1) is 5.92 Å². The monoisotopic (exact) mass is 305 g/mol. The van der Waals surface area contributed by atoms with Gasteiger partial charge in [-0.1, -0.05) is 62.4 Å². The van der Waals surface area contributed by atoms with Gasteiger partial charge >= 0.3 is 0 Å². The number of carbonyl (C=O) groups is 1. The van der Waals surface area contributed by atoms with E-state index in [1.165, 1.54) is 19.3 Å². The van der Waals surface area contributed by atoms with Crippen LogP contribution in [-0.4, -0.2) is 23.2 Å². The average Bonchev–Trinajstić information content (AvgIpc) is 2.56. The number of nitrogens with one attached hydrogen (secondary N) is 2. The van der Waals surface area contributed by atoms with E-state index in [2.05, 4.69) is 10.9 Å². The highest BCUT2D eigenvalue weighted by Gasteiger charge is 2.26. The normalized spacial score (nSPS) is 18.6. The maximum atomic E-state index is 11.9. The van der Waals surface area contributed by atoms with Gasteiger partial charge < -0.3 is 10.8 Å². The Balaban J connectivity index is 1.69. The van der Waals surface area contributed by atoms with Crippen LogP contribution in [0.5, 0.6) is 0 Å². The van der Waals surface area contributed by atoms with E-state index >= 15 is 0 Å². The molecule has 1 fully saturated rings. The van der Waals surface area contributed by atoms with Gasteiger partial charge in [-0.15, -0.1) is 0 Å². The Labute approximate surface area is 132 Å². The molecule has 0 radical (unpaired) electrons. The lowest BCUT2D eigenvalue weighted by Crippen LogP contribution is -2.50. The maximum Gasteiger partial charge on any atom is 0.264 e. The Morgan fingerprint density at radius 3 is 2.59 bits per heavy atom. The average molecular weight is 305 g/mol. The van der Waals surface area contributed by atoms with Gasteiger partial charge in [-0.3, -0.25) is 10.2 Å². The Hall–Kier alpha value is -1.43. The van der Waals surface area contributed by atoms with Crippen LogP contribution in [0.15, 0.2) is 30.3 Å². The van der Waals surface area contributed by atoms with Gasteiger partial charge in [0.1, 0.15) is 6.10 Å². The van der Waals surface area contributed by atoms with Crippen LogP contribution in [0.2, 0.25) is 0 Å². The van der Waals surface area contributed by atoms with Crippen LogP contribution < -0.4 is 16.6 Å². The van der Waals surface area contributed by atoms with E-state index in [0.29, 0.717) is 18.9 Å². The zero-order valence-corrected chi connectivity index (χ0v) is 13.0. The summed E-state index contributed by atoms with van der Waals surface area (Å²) < 4.78 is 0. The van der Waals surface area contributed by atoms with Gasteiger partial charge in [-0.05, 0) is 17.9 Å². The molecule has 5 nitrogen and oxygen atoms in total. The van der Waals surface area contributed by atoms with Crippen molar-refractivity contribution in [3.05, 3.63) is 35.9 Å². The Kier molecular flexibility index (Phi) is 6.83. The second-order valence-corrected chi connectivity index (χ2v) is 6.18. The fourth-order valence-electron chi connectivity index (χ4n) is 3.03. The van der Waals surface area contributed by atoms with Crippen LogP contribution in [0.3, 0.4) is 0 Å². The molecule has 0 spiro atoms. The molecule has 1 aromatic carbocycles. The third-order valence-electron chi connectivity index (χ3n) is 4.35. The van der Waals surface area contributed by atoms with Gasteiger partial charge in [0.2, 0.25) is 0 Å². The van der Waals surface area contributed by atoms with Crippen molar-refractivity contribution in [3.8, 4) is 0 Å². The van der Waals surface area contributed by atoms with E-state index in [-0.39, 0.29) is 0 Å². The largest absolute Gasteiger partial charge is 0.382 e. The van der Waals surface area contributed by atoms with E-state index in [1.807, 2.05) is 30.3 Å². The smallest absolute Gasteiger partial charge is 0.264 e. The highest BCUT2D eigenvalue weighted by Crippen LogP contribution is 2.27. The van der Waals surface area contributed by atoms with Crippen LogP contribution in [0.25, 0.3) is 0 Å². The number of hydrazine groups is 1. The van der Waals surface area contributed by atoms with Crippen LogP contribution >= 0.6 is 0 Å². The van der Waals surface area contributed by atoms with Crippen LogP contribution in [-0.2, 0) is 11.3 Å². The number of hydrogen-bond donors (Lipinski definition) is 4. The summed E-state index contributed by atoms with van der Waals surface area (Å²) in [5, 5.41) is 10.0. The van der Waals surface area contributed by atoms with Crippen LogP contribution in [0.1, 0.15) is 44.1 Å². The summed E-state index contributed by atoms with van der Waals surface area (Å²) in [4.78, 5) is 11.9. The van der Waals surface area contributed by atoms with E-state index in [1.54, 1.807) is 0 Å². The minimum absolute atomic E-state index is 0.459. The molecule has 1 aliphatic rings. The molecule has 0 saturated heterocycles. The van der Waals surface area contributed by atoms with Crippen molar-refractivity contribution >= 4 is 5.91 Å². The number of hydrogen-bond acceptors (Lipinski definition) is 4. The summed E-state index contributed by atoms with van der Waals surface area (Å²) in [7, 11) is 0. The predicted octanol–water partition coefficient (Wildman–Crippen LogP) is 1.47. The molecule has 1 amide bonds. The minimum Gasteiger partial charge on any atom is -0.382 e. The summed E-state index contributed by atoms with van der Waals surface area (Å²) in [5.41, 5.74) is 12.4. The molecule has 1 saturated carbocycles. The molecule has 0 aliphatic heterocycles. The number of rotatable bonds is 7. The highest BCUT2D eigenvalue weighted by atomic mass is 16.3. The van der Waals surface area contributed by atoms with Gasteiger partial charge in [-0.2, -0.15) is 0 Å². The summed E-state index contributed by atoms with van der Waals surface area (Å²) in [5.74, 6) is 0.0859. The molecule has 2 rings (SSSR count). The number of amides is 1. The molecule has 22 heavy (non-hydrogen) atoms. The fraction of sp³-hybridized carbons (Fsp3) is 0.588. The van der Waals surface area contributed by atoms with Crippen molar-refractivity contribution in [2.45, 2.75) is 57.2 Å². The number of aliphatic hydroxyl groups is 1. The molecule has 122 valence electrons. The van der Waals surface area contributed by atoms with Crippen molar-refractivity contribution in [3.63, 3.8) is 0 Å². The number of aliphatic hydroxyl groups excluding tert-OH is 1. The van der Waals surface area contributed by atoms with Gasteiger partial charge in [0.25, 0.3) is 5.91 Å². The Bertz CT molecular complexity index is 446. The predicted molar refractivity (Wildman–Crippen MR) is 86.6 cm³/mol. The third-order valence-corrected chi connectivity index (χ3v) is 4.35. The molecular formula is C17H27N3O2. The zero-order valence-electron chi connectivity index (χ0n) is 13.0. The lowest BCUT2D eigenvalue weighted by atomic mass is 9.84. The zero-order chi connectivity index (χ0) is 15.8. The van der Waals surface area contributed by atoms with Crippen molar-refractivity contribution in [1.29, 1.82) is 0 Å². The molecule has 2 atom stereocenters. The molecule has 1 aromatic rings. The Morgan fingerprint density at radius 1 is 1.23 bits per heavy atom. The summed E-state index contributed by atoms with van der Waals surface area (Å²) in [6.07, 6.45) is 5.63. The van der Waals surface area contributed by atoms with Gasteiger partial charge in [0, 0.05) is 12.6 Å². The lowest BCUT2D eigenvalue weighted by Gasteiger charge is -2.26. The first-order valence-electron chi connectivity index (χ1n) is 8.17. The van der Waals surface area contributed by atoms with Gasteiger partial charge in [0.05, 0.1) is 0 Å². The van der Waals surface area contributed by atoms with Crippen molar-refractivity contribution in [2.75, 3.05) is 0 Å². The number of nitrogens with two attached hydrogens (primary N) is 1. The molecule has 0 aromatic heterocycles. The number of benzene rings is 1. The summed E-state index contributed by atoms with van der Waals surface area (Å²) >= 11 is 0. The van der Waals surface area contributed by atoms with Crippen molar-refractivity contribution < 1.29 is 9.90 Å². The first-order valence-corrected chi connectivity index (χ1v) is 8.17. The first-order chi connectivity index (χ1) is 10.7. The third kappa shape index (κ3) is 5.40. The standard InChI is InChI=1S/C17H27N3O2/c18-15(11-13-7-3-1-4-8-13)16(21)17(22)20-19-12-14-9-5-2-6-10-14/h2,5-6,9-10,13,15-16,19,21H,1,3-4,7-8,11-12,18H2,(H,20,22)/t15-,16?/m1/s1. The SMILES string of the molecule is N[C@H](CC1CCCCC1)C(O)C(=O)NNCc1ccccc1. The molecule has 1 unspecified atom stereocenters. The molecule has 1 aliphatic carbocycles. The summed E-state index contributed by atoms with van der Waals surface area (Å²) in [6, 6.07) is 9.24. The van der Waals surface area contributed by atoms with Crippen molar-refractivity contribution in [2.24, 2.45) is 11.7 Å². The number of carbonyl (C=O) groups excluding carboxylic acids is 1. The molecule has 0 bridgehead atoms. The highest BCUT2D eigenvalue weighted by molar-refractivity contribution is 5.80. The second-order valence-electron chi connectivity index (χ2n) is 6.18. The van der Waals surface area contributed by atoms with E-state index in [9.17, 15) is 9.90 Å².